The van der Waals surface area contributed by atoms with Crippen molar-refractivity contribution in [2.24, 2.45) is 0 Å². The third-order valence-electron chi connectivity index (χ3n) is 2.92. The first-order valence-corrected chi connectivity index (χ1v) is 6.79. The lowest BCUT2D eigenvalue weighted by atomic mass is 10.1. The lowest BCUT2D eigenvalue weighted by molar-refractivity contribution is -0.662. The van der Waals surface area contributed by atoms with Gasteiger partial charge in [-0.05, 0) is 31.2 Å². The molecule has 108 valence electrons. The Labute approximate surface area is 123 Å². The highest BCUT2D eigenvalue weighted by Gasteiger charge is 2.09. The highest BCUT2D eigenvalue weighted by Crippen LogP contribution is 2.22. The maximum Gasteiger partial charge on any atom is 0.338 e. The summed E-state index contributed by atoms with van der Waals surface area (Å²) in [5, 5.41) is 10.4. The van der Waals surface area contributed by atoms with Gasteiger partial charge >= 0.3 is 5.97 Å². The first-order chi connectivity index (χ1) is 10.2. The molecule has 1 heterocycles. The summed E-state index contributed by atoms with van der Waals surface area (Å²) in [6, 6.07) is 12.9. The number of hydrogen-bond donors (Lipinski definition) is 1. The number of quaternary nitrogens is 1. The largest absolute Gasteiger partial charge is 0.462 e. The van der Waals surface area contributed by atoms with Crippen molar-refractivity contribution in [1.82, 2.24) is 0 Å². The number of hydrogen-bond acceptors (Lipinski definition) is 4. The number of nitrogens with zero attached hydrogens (tertiary/aromatic N) is 1. The molecule has 2 N–H and O–H groups in total. The molecular weight excluding hydrogens is 268 g/mol. The Kier molecular flexibility index (Phi) is 5.13. The van der Waals surface area contributed by atoms with Crippen LogP contribution < -0.4 is 5.32 Å². The Balaban J connectivity index is 2.05. The Morgan fingerprint density at radius 1 is 1.29 bits per heavy atom. The maximum atomic E-state index is 11.6. The van der Waals surface area contributed by atoms with Gasteiger partial charge in [-0.15, -0.1) is 0 Å². The number of nitrogens with two attached hydrogens (primary N) is 1. The van der Waals surface area contributed by atoms with Gasteiger partial charge in [0.25, 0.3) is 0 Å². The molecule has 0 aliphatic rings. The van der Waals surface area contributed by atoms with Gasteiger partial charge < -0.3 is 14.5 Å². The van der Waals surface area contributed by atoms with Crippen LogP contribution in [0.25, 0.3) is 11.3 Å². The monoisotopic (exact) mass is 285 g/mol. The summed E-state index contributed by atoms with van der Waals surface area (Å²) in [7, 11) is 0. The van der Waals surface area contributed by atoms with Crippen LogP contribution in [0, 0.1) is 11.3 Å². The minimum absolute atomic E-state index is 0.324. The van der Waals surface area contributed by atoms with E-state index in [1.165, 1.54) is 0 Å². The van der Waals surface area contributed by atoms with Crippen LogP contribution in [0.4, 0.5) is 0 Å². The van der Waals surface area contributed by atoms with Crippen LogP contribution in [0.5, 0.6) is 0 Å². The van der Waals surface area contributed by atoms with Gasteiger partial charge in [0.05, 0.1) is 12.2 Å². The van der Waals surface area contributed by atoms with Crippen molar-refractivity contribution in [3.05, 3.63) is 47.7 Å². The lowest BCUT2D eigenvalue weighted by Crippen LogP contribution is -2.82. The molecule has 0 saturated heterocycles. The highest BCUT2D eigenvalue weighted by atomic mass is 16.5. The van der Waals surface area contributed by atoms with Crippen molar-refractivity contribution in [2.45, 2.75) is 13.5 Å². The molecule has 5 nitrogen and oxygen atoms in total. The molecule has 0 aliphatic carbocycles. The van der Waals surface area contributed by atoms with Crippen molar-refractivity contribution >= 4 is 5.97 Å². The van der Waals surface area contributed by atoms with Crippen LogP contribution in [0.15, 0.2) is 40.8 Å². The molecule has 0 unspecified atom stereocenters. The molecule has 0 aliphatic heterocycles. The predicted molar refractivity (Wildman–Crippen MR) is 76.2 cm³/mol. The number of nitriles is 1. The first kappa shape index (κ1) is 14.8. The Bertz CT molecular complexity index is 638. The summed E-state index contributed by atoms with van der Waals surface area (Å²) >= 11 is 0. The van der Waals surface area contributed by atoms with Crippen molar-refractivity contribution in [1.29, 1.82) is 5.26 Å². The molecule has 5 heteroatoms. The summed E-state index contributed by atoms with van der Waals surface area (Å²) in [5.41, 5.74) is 1.42. The smallest absolute Gasteiger partial charge is 0.338 e. The second-order valence-corrected chi connectivity index (χ2v) is 4.42. The van der Waals surface area contributed by atoms with E-state index in [0.29, 0.717) is 25.3 Å². The SMILES string of the molecule is CCOC(=O)c1ccc(-c2ccc(C[NH2+]CC#N)o2)cc1. The number of rotatable bonds is 6. The predicted octanol–water partition coefficient (Wildman–Crippen LogP) is 1.71. The van der Waals surface area contributed by atoms with Crippen LogP contribution in [0.2, 0.25) is 0 Å². The number of carbonyl (C=O) groups is 1. The van der Waals surface area contributed by atoms with Crippen LogP contribution in [-0.2, 0) is 11.3 Å². The Morgan fingerprint density at radius 3 is 2.71 bits per heavy atom. The van der Waals surface area contributed by atoms with E-state index in [9.17, 15) is 4.79 Å². The van der Waals surface area contributed by atoms with Crippen LogP contribution >= 0.6 is 0 Å². The molecule has 2 rings (SSSR count). The zero-order valence-corrected chi connectivity index (χ0v) is 11.8. The summed E-state index contributed by atoms with van der Waals surface area (Å²) in [6.07, 6.45) is 0. The molecule has 0 fully saturated rings. The summed E-state index contributed by atoms with van der Waals surface area (Å²) < 4.78 is 10.6. The zero-order chi connectivity index (χ0) is 15.1. The van der Waals surface area contributed by atoms with Crippen LogP contribution in [0.1, 0.15) is 23.0 Å². The molecule has 0 spiro atoms. The van der Waals surface area contributed by atoms with E-state index in [1.54, 1.807) is 19.1 Å². The first-order valence-electron chi connectivity index (χ1n) is 6.79. The van der Waals surface area contributed by atoms with Crippen molar-refractivity contribution in [2.75, 3.05) is 13.2 Å². The van der Waals surface area contributed by atoms with Crippen molar-refractivity contribution in [3.8, 4) is 17.4 Å². The standard InChI is InChI=1S/C16H16N2O3/c1-2-20-16(19)13-5-3-12(4-6-13)15-8-7-14(21-15)11-18-10-9-17/h3-8,18H,2,10-11H2,1H3/p+1. The van der Waals surface area contributed by atoms with Gasteiger partial charge in [0, 0.05) is 5.56 Å². The molecule has 21 heavy (non-hydrogen) atoms. The molecule has 0 radical (unpaired) electrons. The van der Waals surface area contributed by atoms with Gasteiger partial charge in [-0.1, -0.05) is 12.1 Å². The Morgan fingerprint density at radius 2 is 2.05 bits per heavy atom. The quantitative estimate of drug-likeness (QED) is 0.498. The fourth-order valence-electron chi connectivity index (χ4n) is 1.91. The van der Waals surface area contributed by atoms with E-state index in [-0.39, 0.29) is 5.97 Å². The number of benzene rings is 1. The molecule has 0 saturated carbocycles. The topological polar surface area (TPSA) is 79.8 Å². The minimum atomic E-state index is -0.324. The van der Waals surface area contributed by atoms with E-state index in [1.807, 2.05) is 29.6 Å². The lowest BCUT2D eigenvalue weighted by Gasteiger charge is -2.02. The van der Waals surface area contributed by atoms with E-state index < -0.39 is 0 Å². The molecule has 1 aromatic carbocycles. The van der Waals surface area contributed by atoms with Crippen molar-refractivity contribution < 1.29 is 19.3 Å². The fraction of sp³-hybridized carbons (Fsp3) is 0.250. The average molecular weight is 285 g/mol. The summed E-state index contributed by atoms with van der Waals surface area (Å²) in [5.74, 6) is 1.23. The number of carbonyl (C=O) groups excluding carboxylic acids is 1. The van der Waals surface area contributed by atoms with Gasteiger partial charge in [0.2, 0.25) is 0 Å². The normalized spacial score (nSPS) is 10.1. The fourth-order valence-corrected chi connectivity index (χ4v) is 1.91. The van der Waals surface area contributed by atoms with Crippen LogP contribution in [0.3, 0.4) is 0 Å². The van der Waals surface area contributed by atoms with Gasteiger partial charge in [0.15, 0.2) is 12.3 Å². The van der Waals surface area contributed by atoms with E-state index in [2.05, 4.69) is 6.07 Å². The third-order valence-corrected chi connectivity index (χ3v) is 2.92. The molecule has 1 aromatic heterocycles. The Hall–Kier alpha value is -2.58. The molecular formula is C16H17N2O3+. The van der Waals surface area contributed by atoms with Crippen LogP contribution in [-0.4, -0.2) is 19.1 Å². The van der Waals surface area contributed by atoms with E-state index in [4.69, 9.17) is 14.4 Å². The van der Waals surface area contributed by atoms with Gasteiger partial charge in [-0.25, -0.2) is 4.79 Å². The second kappa shape index (κ2) is 7.27. The van der Waals surface area contributed by atoms with Gasteiger partial charge in [-0.2, -0.15) is 5.26 Å². The maximum absolute atomic E-state index is 11.6. The summed E-state index contributed by atoms with van der Waals surface area (Å²) in [6.45, 7) is 3.18. The molecule has 0 amide bonds. The third kappa shape index (κ3) is 3.94. The van der Waals surface area contributed by atoms with E-state index in [0.717, 1.165) is 17.1 Å². The average Bonchev–Trinajstić information content (AvgIpc) is 2.97. The van der Waals surface area contributed by atoms with Crippen molar-refractivity contribution in [3.63, 3.8) is 0 Å². The van der Waals surface area contributed by atoms with Gasteiger partial charge in [0.1, 0.15) is 18.4 Å². The number of esters is 1. The molecule has 2 aromatic rings. The highest BCUT2D eigenvalue weighted by molar-refractivity contribution is 5.89. The van der Waals surface area contributed by atoms with Gasteiger partial charge in [-0.3, -0.25) is 0 Å². The summed E-state index contributed by atoms with van der Waals surface area (Å²) in [4.78, 5) is 11.6. The number of furan rings is 1. The van der Waals surface area contributed by atoms with E-state index >= 15 is 0 Å². The molecule has 0 bridgehead atoms. The minimum Gasteiger partial charge on any atom is -0.462 e. The number of ether oxygens (including phenoxy) is 1. The second-order valence-electron chi connectivity index (χ2n) is 4.42. The molecule has 0 atom stereocenters. The zero-order valence-electron chi connectivity index (χ0n) is 11.8.